The van der Waals surface area contributed by atoms with E-state index < -0.39 is 41.3 Å². The maximum Gasteiger partial charge on any atom is 0.416 e. The van der Waals surface area contributed by atoms with Crippen molar-refractivity contribution in [2.75, 3.05) is 5.73 Å². The van der Waals surface area contributed by atoms with Crippen LogP contribution < -0.4 is 16.6 Å². The third-order valence-electron chi connectivity index (χ3n) is 3.59. The molecule has 2 aromatic carbocycles. The van der Waals surface area contributed by atoms with Crippen LogP contribution in [0.1, 0.15) is 33.2 Å². The van der Waals surface area contributed by atoms with Crippen molar-refractivity contribution in [3.63, 3.8) is 0 Å². The van der Waals surface area contributed by atoms with Gasteiger partial charge in [0.15, 0.2) is 6.10 Å². The van der Waals surface area contributed by atoms with Crippen molar-refractivity contribution in [3.05, 3.63) is 65.2 Å². The number of hydrogen-bond acceptors (Lipinski definition) is 5. The number of nitrogens with one attached hydrogen (secondary N) is 2. The van der Waals surface area contributed by atoms with Crippen LogP contribution in [0.25, 0.3) is 0 Å². The number of benzene rings is 2. The monoisotopic (exact) mass is 395 g/mol. The molecule has 0 heterocycles. The number of carbonyl (C=O) groups is 3. The van der Waals surface area contributed by atoms with E-state index in [9.17, 15) is 27.6 Å². The van der Waals surface area contributed by atoms with Gasteiger partial charge in [-0.25, -0.2) is 4.79 Å². The first-order valence-corrected chi connectivity index (χ1v) is 7.92. The van der Waals surface area contributed by atoms with E-state index in [1.54, 1.807) is 18.2 Å². The summed E-state index contributed by atoms with van der Waals surface area (Å²) in [6.45, 7) is 1.22. The van der Waals surface area contributed by atoms with Crippen LogP contribution >= 0.6 is 0 Å². The third kappa shape index (κ3) is 5.22. The minimum atomic E-state index is -4.61. The summed E-state index contributed by atoms with van der Waals surface area (Å²) in [6.07, 6.45) is -5.95. The Labute approximate surface area is 157 Å². The number of nitrogens with two attached hydrogens (primary N) is 1. The van der Waals surface area contributed by atoms with Gasteiger partial charge in [-0.1, -0.05) is 18.2 Å². The summed E-state index contributed by atoms with van der Waals surface area (Å²) in [5, 5.41) is 0. The molecule has 0 aliphatic carbocycles. The predicted molar refractivity (Wildman–Crippen MR) is 92.8 cm³/mol. The molecular formula is C18H16F3N3O4. The van der Waals surface area contributed by atoms with Gasteiger partial charge in [-0.15, -0.1) is 0 Å². The molecule has 4 N–H and O–H groups in total. The second-order valence-corrected chi connectivity index (χ2v) is 5.66. The first-order chi connectivity index (χ1) is 13.1. The van der Waals surface area contributed by atoms with Gasteiger partial charge in [-0.2, -0.15) is 13.2 Å². The number of esters is 1. The smallest absolute Gasteiger partial charge is 0.416 e. The first-order valence-electron chi connectivity index (χ1n) is 7.92. The molecule has 2 aromatic rings. The highest BCUT2D eigenvalue weighted by molar-refractivity contribution is 5.98. The van der Waals surface area contributed by atoms with E-state index in [1.807, 2.05) is 0 Å². The van der Waals surface area contributed by atoms with Crippen molar-refractivity contribution in [3.8, 4) is 0 Å². The van der Waals surface area contributed by atoms with Gasteiger partial charge in [0, 0.05) is 11.3 Å². The van der Waals surface area contributed by atoms with Crippen molar-refractivity contribution in [2.24, 2.45) is 0 Å². The molecule has 7 nitrogen and oxygen atoms in total. The highest BCUT2D eigenvalue weighted by Crippen LogP contribution is 2.31. The number of nitrogen functional groups attached to an aromatic ring is 1. The van der Waals surface area contributed by atoms with Gasteiger partial charge in [0.25, 0.3) is 11.8 Å². The van der Waals surface area contributed by atoms with E-state index in [2.05, 4.69) is 10.9 Å². The van der Waals surface area contributed by atoms with Crippen LogP contribution in [0.2, 0.25) is 0 Å². The van der Waals surface area contributed by atoms with Crippen LogP contribution in [0.3, 0.4) is 0 Å². The van der Waals surface area contributed by atoms with Crippen LogP contribution in [-0.4, -0.2) is 23.9 Å². The van der Waals surface area contributed by atoms with E-state index in [1.165, 1.54) is 19.1 Å². The zero-order valence-electron chi connectivity index (χ0n) is 14.5. The normalized spacial score (nSPS) is 12.0. The Bertz CT molecular complexity index is 885. The molecule has 0 aromatic heterocycles. The number of rotatable bonds is 4. The summed E-state index contributed by atoms with van der Waals surface area (Å²) in [5.74, 6) is -2.51. The maximum absolute atomic E-state index is 12.6. The van der Waals surface area contributed by atoms with Gasteiger partial charge in [0.1, 0.15) is 0 Å². The molecular weight excluding hydrogens is 379 g/mol. The topological polar surface area (TPSA) is 111 Å². The molecule has 0 fully saturated rings. The summed E-state index contributed by atoms with van der Waals surface area (Å²) in [6, 6.07) is 10.2. The predicted octanol–water partition coefficient (Wildman–Crippen LogP) is 2.29. The van der Waals surface area contributed by atoms with Gasteiger partial charge in [-0.3, -0.25) is 20.4 Å². The lowest BCUT2D eigenvalue weighted by atomic mass is 10.1. The summed E-state index contributed by atoms with van der Waals surface area (Å²) in [4.78, 5) is 35.8. The van der Waals surface area contributed by atoms with Gasteiger partial charge >= 0.3 is 12.1 Å². The lowest BCUT2D eigenvalue weighted by Gasteiger charge is -2.15. The number of ether oxygens (including phenoxy) is 1. The van der Waals surface area contributed by atoms with Crippen LogP contribution in [0, 0.1) is 0 Å². The number of hydrazine groups is 1. The number of anilines is 1. The van der Waals surface area contributed by atoms with Crippen molar-refractivity contribution in [1.29, 1.82) is 0 Å². The Morgan fingerprint density at radius 3 is 2.25 bits per heavy atom. The SMILES string of the molecule is C[C@H](OC(=O)c1ccc(C(F)(F)F)cc1N)C(=O)NNC(=O)c1ccccc1. The second-order valence-electron chi connectivity index (χ2n) is 5.66. The molecule has 148 valence electrons. The molecule has 2 amide bonds. The molecule has 0 aliphatic heterocycles. The second kappa shape index (κ2) is 8.42. The molecule has 0 aliphatic rings. The highest BCUT2D eigenvalue weighted by atomic mass is 19.4. The van der Waals surface area contributed by atoms with Gasteiger partial charge in [-0.05, 0) is 37.3 Å². The Kier molecular flexibility index (Phi) is 6.24. The van der Waals surface area contributed by atoms with E-state index in [-0.39, 0.29) is 5.56 Å². The standard InChI is InChI=1S/C18H16F3N3O4/c1-10(15(25)23-24-16(26)11-5-3-2-4-6-11)28-17(27)13-8-7-12(9-14(13)22)18(19,20)21/h2-10H,22H2,1H3,(H,23,25)(H,24,26)/t10-/m0/s1. The number of halogens is 3. The summed E-state index contributed by atoms with van der Waals surface area (Å²) in [5.41, 5.74) is 8.23. The van der Waals surface area contributed by atoms with Gasteiger partial charge < -0.3 is 10.5 Å². The lowest BCUT2D eigenvalue weighted by Crippen LogP contribution is -2.46. The molecule has 0 saturated carbocycles. The van der Waals surface area contributed by atoms with Crippen molar-refractivity contribution in [1.82, 2.24) is 10.9 Å². The lowest BCUT2D eigenvalue weighted by molar-refractivity contribution is -0.137. The number of hydrogen-bond donors (Lipinski definition) is 3. The zero-order valence-corrected chi connectivity index (χ0v) is 14.5. The number of amides is 2. The van der Waals surface area contributed by atoms with Crippen molar-refractivity contribution < 1.29 is 32.3 Å². The molecule has 0 radical (unpaired) electrons. The average Bonchev–Trinajstić information content (AvgIpc) is 2.65. The molecule has 1 atom stereocenters. The minimum Gasteiger partial charge on any atom is -0.449 e. The van der Waals surface area contributed by atoms with Crippen LogP contribution in [0.15, 0.2) is 48.5 Å². The zero-order chi connectivity index (χ0) is 20.9. The molecule has 0 saturated heterocycles. The number of carbonyl (C=O) groups excluding carboxylic acids is 3. The highest BCUT2D eigenvalue weighted by Gasteiger charge is 2.31. The molecule has 0 unspecified atom stereocenters. The fraction of sp³-hybridized carbons (Fsp3) is 0.167. The third-order valence-corrected chi connectivity index (χ3v) is 3.59. The van der Waals surface area contributed by atoms with Gasteiger partial charge in [0.05, 0.1) is 11.1 Å². The Hall–Kier alpha value is -3.56. The van der Waals surface area contributed by atoms with E-state index in [4.69, 9.17) is 10.5 Å². The average molecular weight is 395 g/mol. The summed E-state index contributed by atoms with van der Waals surface area (Å²) >= 11 is 0. The summed E-state index contributed by atoms with van der Waals surface area (Å²) in [7, 11) is 0. The van der Waals surface area contributed by atoms with Crippen molar-refractivity contribution >= 4 is 23.5 Å². The number of alkyl halides is 3. The van der Waals surface area contributed by atoms with Crippen LogP contribution in [-0.2, 0) is 15.7 Å². The largest absolute Gasteiger partial charge is 0.449 e. The molecule has 28 heavy (non-hydrogen) atoms. The Morgan fingerprint density at radius 2 is 1.68 bits per heavy atom. The first kappa shape index (κ1) is 20.7. The quantitative estimate of drug-likeness (QED) is 0.418. The summed E-state index contributed by atoms with van der Waals surface area (Å²) < 4.78 is 42.8. The maximum atomic E-state index is 12.6. The van der Waals surface area contributed by atoms with Crippen molar-refractivity contribution in [2.45, 2.75) is 19.2 Å². The van der Waals surface area contributed by atoms with E-state index in [0.717, 1.165) is 6.07 Å². The molecule has 2 rings (SSSR count). The molecule has 0 spiro atoms. The minimum absolute atomic E-state index is 0.296. The fourth-order valence-corrected chi connectivity index (χ4v) is 2.08. The van der Waals surface area contributed by atoms with Gasteiger partial charge in [0.2, 0.25) is 0 Å². The van der Waals surface area contributed by atoms with E-state index in [0.29, 0.717) is 17.7 Å². The van der Waals surface area contributed by atoms with E-state index >= 15 is 0 Å². The molecule has 10 heteroatoms. The Morgan fingerprint density at radius 1 is 1.04 bits per heavy atom. The van der Waals surface area contributed by atoms with Crippen LogP contribution in [0.5, 0.6) is 0 Å². The fourth-order valence-electron chi connectivity index (χ4n) is 2.08. The Balaban J connectivity index is 1.94. The van der Waals surface area contributed by atoms with Crippen LogP contribution in [0.4, 0.5) is 18.9 Å². The molecule has 0 bridgehead atoms.